The van der Waals surface area contributed by atoms with Gasteiger partial charge in [-0.05, 0) is 24.3 Å². The highest BCUT2D eigenvalue weighted by Gasteiger charge is 2.26. The largest absolute Gasteiger partial charge is 0.497 e. The molecule has 0 N–H and O–H groups in total. The van der Waals surface area contributed by atoms with Gasteiger partial charge in [0, 0.05) is 12.6 Å². The summed E-state index contributed by atoms with van der Waals surface area (Å²) < 4.78 is 21.5. The van der Waals surface area contributed by atoms with Crippen molar-refractivity contribution in [3.63, 3.8) is 0 Å². The van der Waals surface area contributed by atoms with Gasteiger partial charge in [0.2, 0.25) is 5.76 Å². The van der Waals surface area contributed by atoms with Crippen molar-refractivity contribution in [2.24, 2.45) is 0 Å². The predicted octanol–water partition coefficient (Wildman–Crippen LogP) is 1.60. The van der Waals surface area contributed by atoms with E-state index in [1.165, 1.54) is 6.20 Å². The molecule has 0 spiro atoms. The Morgan fingerprint density at radius 2 is 2.04 bits per heavy atom. The minimum atomic E-state index is -0.252. The number of hydrogen-bond donors (Lipinski definition) is 0. The maximum absolute atomic E-state index is 12.4. The van der Waals surface area contributed by atoms with Crippen molar-refractivity contribution in [1.82, 2.24) is 10.1 Å². The van der Waals surface area contributed by atoms with Gasteiger partial charge in [0.15, 0.2) is 0 Å². The molecule has 0 saturated carbocycles. The number of nitrogens with zero attached hydrogens (tertiary/aromatic N) is 2. The van der Waals surface area contributed by atoms with E-state index in [9.17, 15) is 4.79 Å². The number of hydrogen-bond acceptors (Lipinski definition) is 6. The molecule has 0 aliphatic carbocycles. The summed E-state index contributed by atoms with van der Waals surface area (Å²) in [6, 6.07) is 8.85. The van der Waals surface area contributed by atoms with Crippen LogP contribution in [0.15, 0.2) is 41.1 Å². The summed E-state index contributed by atoms with van der Waals surface area (Å²) in [6.07, 6.45) is 1.20. The molecule has 1 amide bonds. The number of rotatable bonds is 4. The van der Waals surface area contributed by atoms with Crippen LogP contribution in [0, 0.1) is 0 Å². The van der Waals surface area contributed by atoms with Gasteiger partial charge in [0.1, 0.15) is 17.6 Å². The van der Waals surface area contributed by atoms with Crippen molar-refractivity contribution in [2.75, 3.05) is 33.4 Å². The van der Waals surface area contributed by atoms with E-state index >= 15 is 0 Å². The Morgan fingerprint density at radius 3 is 2.74 bits per heavy atom. The summed E-state index contributed by atoms with van der Waals surface area (Å²) in [5, 5.41) is 3.57. The minimum Gasteiger partial charge on any atom is -0.497 e. The van der Waals surface area contributed by atoms with E-state index in [0.717, 1.165) is 5.75 Å². The first-order valence-electron chi connectivity index (χ1n) is 7.34. The lowest BCUT2D eigenvalue weighted by Gasteiger charge is -2.23. The molecule has 2 heterocycles. The van der Waals surface area contributed by atoms with E-state index < -0.39 is 0 Å². The van der Waals surface area contributed by atoms with E-state index in [4.69, 9.17) is 18.7 Å². The molecule has 2 aromatic rings. The standard InChI is InChI=1S/C16H18N2O5/c1-20-12-2-4-13(5-3-12)22-14-10-18(8-9-21-11-14)16(19)15-6-7-17-23-15/h2-7,14H,8-11H2,1H3/t14-/m1/s1. The minimum absolute atomic E-state index is 0.212. The first-order chi connectivity index (χ1) is 11.3. The maximum atomic E-state index is 12.4. The monoisotopic (exact) mass is 318 g/mol. The number of methoxy groups -OCH3 is 1. The molecule has 1 aliphatic rings. The van der Waals surface area contributed by atoms with Crippen molar-refractivity contribution in [3.05, 3.63) is 42.3 Å². The Morgan fingerprint density at radius 1 is 1.26 bits per heavy atom. The number of carbonyl (C=O) groups is 1. The van der Waals surface area contributed by atoms with Crippen LogP contribution in [-0.4, -0.2) is 55.5 Å². The van der Waals surface area contributed by atoms with Crippen molar-refractivity contribution < 1.29 is 23.5 Å². The lowest BCUT2D eigenvalue weighted by atomic mass is 10.3. The molecule has 122 valence electrons. The summed E-state index contributed by atoms with van der Waals surface area (Å²) in [5.41, 5.74) is 0. The second-order valence-electron chi connectivity index (χ2n) is 5.12. The lowest BCUT2D eigenvalue weighted by Crippen LogP contribution is -2.39. The van der Waals surface area contributed by atoms with Gasteiger partial charge in [-0.3, -0.25) is 4.79 Å². The molecule has 1 fully saturated rings. The molecule has 1 saturated heterocycles. The van der Waals surface area contributed by atoms with Crippen molar-refractivity contribution in [2.45, 2.75) is 6.10 Å². The van der Waals surface area contributed by atoms with Gasteiger partial charge < -0.3 is 23.6 Å². The Balaban J connectivity index is 1.65. The van der Waals surface area contributed by atoms with Gasteiger partial charge in [0.25, 0.3) is 5.91 Å². The number of aromatic nitrogens is 1. The zero-order chi connectivity index (χ0) is 16.1. The van der Waals surface area contributed by atoms with Crippen LogP contribution in [0.3, 0.4) is 0 Å². The lowest BCUT2D eigenvalue weighted by molar-refractivity contribution is 0.0626. The number of amides is 1. The van der Waals surface area contributed by atoms with E-state index in [0.29, 0.717) is 32.1 Å². The van der Waals surface area contributed by atoms with E-state index in [1.54, 1.807) is 18.1 Å². The smallest absolute Gasteiger partial charge is 0.292 e. The normalized spacial score (nSPS) is 18.3. The first-order valence-corrected chi connectivity index (χ1v) is 7.34. The third-order valence-corrected chi connectivity index (χ3v) is 3.53. The quantitative estimate of drug-likeness (QED) is 0.852. The fourth-order valence-corrected chi connectivity index (χ4v) is 2.36. The van der Waals surface area contributed by atoms with Gasteiger partial charge in [-0.15, -0.1) is 0 Å². The van der Waals surface area contributed by atoms with Crippen LogP contribution in [-0.2, 0) is 4.74 Å². The van der Waals surface area contributed by atoms with E-state index in [2.05, 4.69) is 5.16 Å². The van der Waals surface area contributed by atoms with Crippen molar-refractivity contribution in [1.29, 1.82) is 0 Å². The second-order valence-corrected chi connectivity index (χ2v) is 5.12. The van der Waals surface area contributed by atoms with Crippen molar-refractivity contribution in [3.8, 4) is 11.5 Å². The van der Waals surface area contributed by atoms with Crippen LogP contribution in [0.2, 0.25) is 0 Å². The molecule has 1 atom stereocenters. The third kappa shape index (κ3) is 3.81. The van der Waals surface area contributed by atoms with Crippen LogP contribution in [0.1, 0.15) is 10.6 Å². The summed E-state index contributed by atoms with van der Waals surface area (Å²) in [4.78, 5) is 14.0. The van der Waals surface area contributed by atoms with Gasteiger partial charge in [-0.2, -0.15) is 0 Å². The Labute approximate surface area is 133 Å². The second kappa shape index (κ2) is 7.15. The third-order valence-electron chi connectivity index (χ3n) is 3.53. The highest BCUT2D eigenvalue weighted by Crippen LogP contribution is 2.19. The molecule has 1 aliphatic heterocycles. The molecule has 7 nitrogen and oxygen atoms in total. The van der Waals surface area contributed by atoms with E-state index in [-0.39, 0.29) is 17.8 Å². The summed E-state index contributed by atoms with van der Waals surface area (Å²) in [7, 11) is 1.61. The average molecular weight is 318 g/mol. The summed E-state index contributed by atoms with van der Waals surface area (Å²) in [6.45, 7) is 1.79. The van der Waals surface area contributed by atoms with Crippen LogP contribution in [0.4, 0.5) is 0 Å². The molecule has 7 heteroatoms. The predicted molar refractivity (Wildman–Crippen MR) is 80.6 cm³/mol. The molecular formula is C16H18N2O5. The molecule has 0 radical (unpaired) electrons. The number of benzene rings is 1. The van der Waals surface area contributed by atoms with Gasteiger partial charge in [0.05, 0.1) is 33.1 Å². The Hall–Kier alpha value is -2.54. The zero-order valence-corrected chi connectivity index (χ0v) is 12.8. The first kappa shape index (κ1) is 15.4. The molecular weight excluding hydrogens is 300 g/mol. The topological polar surface area (TPSA) is 74.0 Å². The van der Waals surface area contributed by atoms with Crippen LogP contribution >= 0.6 is 0 Å². The van der Waals surface area contributed by atoms with Crippen LogP contribution in [0.5, 0.6) is 11.5 Å². The molecule has 23 heavy (non-hydrogen) atoms. The fraction of sp³-hybridized carbons (Fsp3) is 0.375. The van der Waals surface area contributed by atoms with Crippen LogP contribution in [0.25, 0.3) is 0 Å². The van der Waals surface area contributed by atoms with Crippen molar-refractivity contribution >= 4 is 5.91 Å². The maximum Gasteiger partial charge on any atom is 0.292 e. The fourth-order valence-electron chi connectivity index (χ4n) is 2.36. The highest BCUT2D eigenvalue weighted by molar-refractivity contribution is 5.91. The summed E-state index contributed by atoms with van der Waals surface area (Å²) in [5.74, 6) is 1.47. The molecule has 3 rings (SSSR count). The number of carbonyl (C=O) groups excluding carboxylic acids is 1. The Bertz CT molecular complexity index is 626. The molecule has 1 aromatic carbocycles. The van der Waals surface area contributed by atoms with Gasteiger partial charge in [-0.25, -0.2) is 0 Å². The number of ether oxygens (including phenoxy) is 3. The van der Waals surface area contributed by atoms with Gasteiger partial charge >= 0.3 is 0 Å². The SMILES string of the molecule is COc1ccc(O[C@H]2COCCN(C(=O)c3ccno3)C2)cc1. The summed E-state index contributed by atoms with van der Waals surface area (Å²) >= 11 is 0. The van der Waals surface area contributed by atoms with Gasteiger partial charge in [-0.1, -0.05) is 5.16 Å². The Kier molecular flexibility index (Phi) is 4.77. The molecule has 0 unspecified atom stereocenters. The van der Waals surface area contributed by atoms with E-state index in [1.807, 2.05) is 24.3 Å². The highest BCUT2D eigenvalue weighted by atomic mass is 16.5. The molecule has 1 aromatic heterocycles. The average Bonchev–Trinajstić information content (AvgIpc) is 3.02. The zero-order valence-electron chi connectivity index (χ0n) is 12.8. The molecule has 0 bridgehead atoms. The van der Waals surface area contributed by atoms with Crippen LogP contribution < -0.4 is 9.47 Å².